The Balaban J connectivity index is 1.84. The number of benzene rings is 3. The van der Waals surface area contributed by atoms with E-state index < -0.39 is 11.7 Å². The quantitative estimate of drug-likeness (QED) is 0.488. The molecule has 1 aromatic heterocycles. The summed E-state index contributed by atoms with van der Waals surface area (Å²) in [6.07, 6.45) is -4.45. The van der Waals surface area contributed by atoms with Crippen molar-refractivity contribution in [1.82, 2.24) is 4.98 Å². The number of phenols is 1. The van der Waals surface area contributed by atoms with Gasteiger partial charge >= 0.3 is 6.18 Å². The summed E-state index contributed by atoms with van der Waals surface area (Å²) in [5.74, 6) is 0.223. The fraction of sp³-hybridized carbons (Fsp3) is 0.0500. The molecule has 0 atom stereocenters. The van der Waals surface area contributed by atoms with Crippen LogP contribution in [0.1, 0.15) is 5.56 Å². The lowest BCUT2D eigenvalue weighted by atomic mass is 9.99. The number of halogens is 3. The maximum Gasteiger partial charge on any atom is 0.417 e. The van der Waals surface area contributed by atoms with E-state index >= 15 is 0 Å². The zero-order chi connectivity index (χ0) is 18.3. The summed E-state index contributed by atoms with van der Waals surface area (Å²) in [6, 6.07) is 16.7. The van der Waals surface area contributed by atoms with Gasteiger partial charge in [0.25, 0.3) is 0 Å². The maximum absolute atomic E-state index is 13.3. The summed E-state index contributed by atoms with van der Waals surface area (Å²) in [5.41, 5.74) is 1.00. The third kappa shape index (κ3) is 2.79. The number of rotatable bonds is 2. The minimum atomic E-state index is -4.45. The average molecular weight is 355 g/mol. The summed E-state index contributed by atoms with van der Waals surface area (Å²) < 4.78 is 45.4. The van der Waals surface area contributed by atoms with E-state index in [-0.39, 0.29) is 17.2 Å². The van der Waals surface area contributed by atoms with E-state index in [2.05, 4.69) is 4.98 Å². The van der Waals surface area contributed by atoms with E-state index in [1.807, 2.05) is 0 Å². The predicted molar refractivity (Wildman–Crippen MR) is 91.5 cm³/mol. The lowest BCUT2D eigenvalue weighted by Gasteiger charge is -2.12. The van der Waals surface area contributed by atoms with E-state index in [0.717, 1.165) is 6.07 Å². The minimum Gasteiger partial charge on any atom is -0.507 e. The lowest BCUT2D eigenvalue weighted by molar-refractivity contribution is -0.137. The van der Waals surface area contributed by atoms with Gasteiger partial charge in [0.05, 0.1) is 11.1 Å². The Labute approximate surface area is 146 Å². The number of hydrogen-bond acceptors (Lipinski definition) is 3. The van der Waals surface area contributed by atoms with E-state index in [0.29, 0.717) is 22.2 Å². The Morgan fingerprint density at radius 2 is 1.54 bits per heavy atom. The predicted octanol–water partition coefficient (Wildman–Crippen LogP) is 5.89. The molecule has 0 saturated heterocycles. The van der Waals surface area contributed by atoms with Crippen molar-refractivity contribution in [3.63, 3.8) is 0 Å². The first-order valence-corrected chi connectivity index (χ1v) is 7.79. The Bertz CT molecular complexity index is 1100. The molecular weight excluding hydrogens is 343 g/mol. The van der Waals surface area contributed by atoms with Crippen molar-refractivity contribution >= 4 is 11.1 Å². The number of aromatic hydroxyl groups is 1. The van der Waals surface area contributed by atoms with Crippen LogP contribution in [0.4, 0.5) is 13.2 Å². The minimum absolute atomic E-state index is 0.0155. The van der Waals surface area contributed by atoms with Crippen LogP contribution in [0.15, 0.2) is 71.1 Å². The molecule has 0 spiro atoms. The third-order valence-corrected chi connectivity index (χ3v) is 4.07. The van der Waals surface area contributed by atoms with Gasteiger partial charge in [-0.3, -0.25) is 0 Å². The Hall–Kier alpha value is -3.28. The van der Waals surface area contributed by atoms with Crippen LogP contribution in [-0.2, 0) is 6.18 Å². The van der Waals surface area contributed by atoms with Gasteiger partial charge in [-0.2, -0.15) is 13.2 Å². The molecule has 0 aliphatic heterocycles. The zero-order valence-corrected chi connectivity index (χ0v) is 13.3. The van der Waals surface area contributed by atoms with Gasteiger partial charge in [-0.1, -0.05) is 36.4 Å². The second-order valence-electron chi connectivity index (χ2n) is 5.76. The second kappa shape index (κ2) is 5.91. The molecule has 6 heteroatoms. The largest absolute Gasteiger partial charge is 0.507 e. The summed E-state index contributed by atoms with van der Waals surface area (Å²) in [6.45, 7) is 0. The fourth-order valence-electron chi connectivity index (χ4n) is 2.84. The highest BCUT2D eigenvalue weighted by atomic mass is 19.4. The van der Waals surface area contributed by atoms with Crippen molar-refractivity contribution in [3.05, 3.63) is 72.3 Å². The molecule has 0 amide bonds. The zero-order valence-electron chi connectivity index (χ0n) is 13.3. The molecule has 4 aromatic rings. The Morgan fingerprint density at radius 3 is 2.27 bits per heavy atom. The van der Waals surface area contributed by atoms with E-state index in [1.165, 1.54) is 24.3 Å². The molecule has 0 aliphatic carbocycles. The van der Waals surface area contributed by atoms with Crippen molar-refractivity contribution in [2.75, 3.05) is 0 Å². The smallest absolute Gasteiger partial charge is 0.417 e. The number of hydrogen-bond donors (Lipinski definition) is 1. The molecule has 0 bridgehead atoms. The van der Waals surface area contributed by atoms with Crippen LogP contribution in [0.3, 0.4) is 0 Å². The molecule has 0 unspecified atom stereocenters. The summed E-state index contributed by atoms with van der Waals surface area (Å²) >= 11 is 0. The topological polar surface area (TPSA) is 46.3 Å². The van der Waals surface area contributed by atoms with E-state index in [9.17, 15) is 18.3 Å². The van der Waals surface area contributed by atoms with Crippen LogP contribution in [0.5, 0.6) is 5.75 Å². The molecular formula is C20H12F3NO2. The van der Waals surface area contributed by atoms with Crippen LogP contribution in [0.2, 0.25) is 0 Å². The molecule has 3 aromatic carbocycles. The van der Waals surface area contributed by atoms with E-state index in [4.69, 9.17) is 4.42 Å². The summed E-state index contributed by atoms with van der Waals surface area (Å²) in [7, 11) is 0. The normalized spacial score (nSPS) is 11.8. The third-order valence-electron chi connectivity index (χ3n) is 4.07. The number of nitrogens with zero attached hydrogens (tertiary/aromatic N) is 1. The van der Waals surface area contributed by atoms with Gasteiger partial charge in [0, 0.05) is 0 Å². The summed E-state index contributed by atoms with van der Waals surface area (Å²) in [4.78, 5) is 4.30. The fourth-order valence-corrected chi connectivity index (χ4v) is 2.84. The standard InChI is InChI=1S/C20H12F3NO2/c21-20(22,23)15-7-3-1-5-13(15)12-9-10-16-18(11-12)26-19(24-16)14-6-2-4-8-17(14)25/h1-11,25H. The highest BCUT2D eigenvalue weighted by Gasteiger charge is 2.33. The molecule has 130 valence electrons. The van der Waals surface area contributed by atoms with Crippen molar-refractivity contribution in [3.8, 4) is 28.3 Å². The first-order valence-electron chi connectivity index (χ1n) is 7.79. The second-order valence-corrected chi connectivity index (χ2v) is 5.76. The van der Waals surface area contributed by atoms with Crippen LogP contribution in [0.25, 0.3) is 33.7 Å². The van der Waals surface area contributed by atoms with Gasteiger partial charge in [-0.05, 0) is 41.5 Å². The highest BCUT2D eigenvalue weighted by Crippen LogP contribution is 2.38. The van der Waals surface area contributed by atoms with Crippen LogP contribution < -0.4 is 0 Å². The average Bonchev–Trinajstić information content (AvgIpc) is 3.04. The van der Waals surface area contributed by atoms with Gasteiger partial charge in [0.1, 0.15) is 11.3 Å². The Kier molecular flexibility index (Phi) is 3.68. The monoisotopic (exact) mass is 355 g/mol. The first-order chi connectivity index (χ1) is 12.4. The van der Waals surface area contributed by atoms with Gasteiger partial charge < -0.3 is 9.52 Å². The molecule has 4 rings (SSSR count). The highest BCUT2D eigenvalue weighted by molar-refractivity contribution is 5.83. The molecule has 0 fully saturated rings. The molecule has 3 nitrogen and oxygen atoms in total. The number of phenolic OH excluding ortho intramolecular Hbond substituents is 1. The van der Waals surface area contributed by atoms with E-state index in [1.54, 1.807) is 36.4 Å². The molecule has 26 heavy (non-hydrogen) atoms. The molecule has 0 radical (unpaired) electrons. The SMILES string of the molecule is Oc1ccccc1-c1nc2ccc(-c3ccccc3C(F)(F)F)cc2o1. The Morgan fingerprint density at radius 1 is 0.846 bits per heavy atom. The van der Waals surface area contributed by atoms with Crippen LogP contribution >= 0.6 is 0 Å². The van der Waals surface area contributed by atoms with Crippen molar-refractivity contribution < 1.29 is 22.7 Å². The number of oxazole rings is 1. The number of aromatic nitrogens is 1. The van der Waals surface area contributed by atoms with Crippen LogP contribution in [0, 0.1) is 0 Å². The van der Waals surface area contributed by atoms with Crippen molar-refractivity contribution in [2.24, 2.45) is 0 Å². The van der Waals surface area contributed by atoms with Crippen molar-refractivity contribution in [2.45, 2.75) is 6.18 Å². The number of alkyl halides is 3. The van der Waals surface area contributed by atoms with Crippen molar-refractivity contribution in [1.29, 1.82) is 0 Å². The van der Waals surface area contributed by atoms with Gasteiger partial charge in [0.15, 0.2) is 5.58 Å². The van der Waals surface area contributed by atoms with Gasteiger partial charge in [-0.15, -0.1) is 0 Å². The number of fused-ring (bicyclic) bond motifs is 1. The molecule has 1 N–H and O–H groups in total. The first kappa shape index (κ1) is 16.2. The molecule has 1 heterocycles. The maximum atomic E-state index is 13.3. The molecule has 0 saturated carbocycles. The lowest BCUT2D eigenvalue weighted by Crippen LogP contribution is -2.06. The number of para-hydroxylation sites is 1. The summed E-state index contributed by atoms with van der Waals surface area (Å²) in [5, 5.41) is 9.92. The van der Waals surface area contributed by atoms with Crippen LogP contribution in [-0.4, -0.2) is 10.1 Å². The van der Waals surface area contributed by atoms with Gasteiger partial charge in [0.2, 0.25) is 5.89 Å². The molecule has 0 aliphatic rings. The van der Waals surface area contributed by atoms with Gasteiger partial charge in [-0.25, -0.2) is 4.98 Å².